The van der Waals surface area contributed by atoms with Gasteiger partial charge in [-0.2, -0.15) is 0 Å². The van der Waals surface area contributed by atoms with E-state index in [1.807, 2.05) is 32.0 Å². The van der Waals surface area contributed by atoms with Crippen LogP contribution < -0.4 is 0 Å². The lowest BCUT2D eigenvalue weighted by molar-refractivity contribution is 1.29. The highest BCUT2D eigenvalue weighted by atomic mass is 32.2. The smallest absolute Gasteiger partial charge is 0.0762 e. The number of aromatic nitrogens is 1. The van der Waals surface area contributed by atoms with E-state index in [1.165, 1.54) is 11.8 Å². The molecule has 13 heavy (non-hydrogen) atoms. The van der Waals surface area contributed by atoms with Crippen molar-refractivity contribution in [3.63, 3.8) is 0 Å². The largest absolute Gasteiger partial charge is 0.256 e. The monoisotopic (exact) mass is 193 g/mol. The zero-order valence-corrected chi connectivity index (χ0v) is 8.97. The van der Waals surface area contributed by atoms with E-state index in [-0.39, 0.29) is 0 Å². The molecular weight excluding hydrogens is 178 g/mol. The Morgan fingerprint density at radius 3 is 2.62 bits per heavy atom. The van der Waals surface area contributed by atoms with Gasteiger partial charge in [0.15, 0.2) is 0 Å². The van der Waals surface area contributed by atoms with Crippen molar-refractivity contribution < 1.29 is 0 Å². The predicted molar refractivity (Wildman–Crippen MR) is 62.4 cm³/mol. The first-order chi connectivity index (χ1) is 6.34. The summed E-state index contributed by atoms with van der Waals surface area (Å²) in [5, 5.41) is 1.75. The number of hydrogen-bond donors (Lipinski definition) is 0. The molecule has 0 aromatic carbocycles. The second-order valence-corrected chi connectivity index (χ2v) is 2.98. The summed E-state index contributed by atoms with van der Waals surface area (Å²) in [5.41, 5.74) is 0.914. The number of pyridine rings is 1. The molecule has 0 aliphatic rings. The van der Waals surface area contributed by atoms with Gasteiger partial charge in [0.2, 0.25) is 0 Å². The first-order valence-corrected chi connectivity index (χ1v) is 5.10. The molecule has 1 aromatic heterocycles. The predicted octanol–water partition coefficient (Wildman–Crippen LogP) is 3.96. The maximum Gasteiger partial charge on any atom is 0.0762 e. The van der Waals surface area contributed by atoms with Gasteiger partial charge in [-0.3, -0.25) is 4.98 Å². The van der Waals surface area contributed by atoms with Crippen LogP contribution in [-0.2, 0) is 0 Å². The first-order valence-electron chi connectivity index (χ1n) is 4.22. The van der Waals surface area contributed by atoms with Gasteiger partial charge in [-0.25, -0.2) is 0 Å². The summed E-state index contributed by atoms with van der Waals surface area (Å²) < 4.78 is 0. The van der Waals surface area contributed by atoms with Crippen molar-refractivity contribution in [3.05, 3.63) is 48.7 Å². The van der Waals surface area contributed by atoms with Crippen molar-refractivity contribution in [2.24, 2.45) is 0 Å². The third-order valence-corrected chi connectivity index (χ3v) is 1.84. The topological polar surface area (TPSA) is 12.9 Å². The molecule has 1 heterocycles. The Morgan fingerprint density at radius 2 is 2.15 bits per heavy atom. The zero-order valence-electron chi connectivity index (χ0n) is 8.16. The molecule has 1 nitrogen and oxygen atoms in total. The fraction of sp³-hybridized carbons (Fsp3) is 0.182. The molecule has 0 atom stereocenters. The second kappa shape index (κ2) is 7.62. The minimum Gasteiger partial charge on any atom is -0.256 e. The summed E-state index contributed by atoms with van der Waals surface area (Å²) in [6.45, 7) is 11.4. The lowest BCUT2D eigenvalue weighted by Gasteiger charge is -1.98. The van der Waals surface area contributed by atoms with Gasteiger partial charge in [-0.15, -0.1) is 0 Å². The molecule has 0 aliphatic heterocycles. The van der Waals surface area contributed by atoms with E-state index in [9.17, 15) is 0 Å². The summed E-state index contributed by atoms with van der Waals surface area (Å²) in [7, 11) is 0. The van der Waals surface area contributed by atoms with Crippen LogP contribution >= 0.6 is 11.8 Å². The summed E-state index contributed by atoms with van der Waals surface area (Å²) in [4.78, 5) is 5.06. The number of thioether (sulfide) groups is 1. The number of hydrogen-bond acceptors (Lipinski definition) is 2. The van der Waals surface area contributed by atoms with Crippen LogP contribution in [0.4, 0.5) is 0 Å². The van der Waals surface area contributed by atoms with Crippen LogP contribution in [-0.4, -0.2) is 4.98 Å². The molecule has 2 heteroatoms. The third-order valence-electron chi connectivity index (χ3n) is 1.18. The van der Waals surface area contributed by atoms with Crippen LogP contribution in [0.25, 0.3) is 4.91 Å². The Morgan fingerprint density at radius 1 is 1.46 bits per heavy atom. The van der Waals surface area contributed by atoms with Crippen LogP contribution in [0.3, 0.4) is 0 Å². The van der Waals surface area contributed by atoms with Crippen LogP contribution in [0.2, 0.25) is 0 Å². The molecule has 0 bridgehead atoms. The first kappa shape index (κ1) is 12.0. The van der Waals surface area contributed by atoms with E-state index in [2.05, 4.69) is 18.1 Å². The van der Waals surface area contributed by atoms with Gasteiger partial charge in [-0.1, -0.05) is 44.8 Å². The molecule has 0 fully saturated rings. The molecule has 0 N–H and O–H groups in total. The molecular formula is C11H15NS. The molecule has 0 saturated carbocycles. The number of rotatable bonds is 3. The van der Waals surface area contributed by atoms with Crippen LogP contribution in [0.15, 0.2) is 43.0 Å². The van der Waals surface area contributed by atoms with E-state index in [1.54, 1.807) is 11.6 Å². The summed E-state index contributed by atoms with van der Waals surface area (Å²) in [6.07, 6.45) is 1.75. The van der Waals surface area contributed by atoms with Gasteiger partial charge in [0.1, 0.15) is 0 Å². The van der Waals surface area contributed by atoms with E-state index in [4.69, 9.17) is 0 Å². The van der Waals surface area contributed by atoms with Crippen molar-refractivity contribution in [1.82, 2.24) is 4.98 Å². The van der Waals surface area contributed by atoms with Gasteiger partial charge in [0.05, 0.1) is 5.69 Å². The lowest BCUT2D eigenvalue weighted by atomic mass is 10.3. The molecule has 0 amide bonds. The Labute approximate surface area is 84.6 Å². The van der Waals surface area contributed by atoms with Gasteiger partial charge in [-0.05, 0) is 17.5 Å². The normalized spacial score (nSPS) is 8.15. The van der Waals surface area contributed by atoms with Gasteiger partial charge >= 0.3 is 0 Å². The van der Waals surface area contributed by atoms with Crippen molar-refractivity contribution in [3.8, 4) is 0 Å². The molecule has 1 rings (SSSR count). The summed E-state index contributed by atoms with van der Waals surface area (Å²) in [5.74, 6) is 0. The van der Waals surface area contributed by atoms with Gasteiger partial charge in [0.25, 0.3) is 0 Å². The third kappa shape index (κ3) is 4.53. The molecule has 0 spiro atoms. The number of nitrogens with zero attached hydrogens (tertiary/aromatic N) is 1. The maximum atomic E-state index is 4.13. The minimum absolute atomic E-state index is 0.914. The van der Waals surface area contributed by atoms with E-state index in [0.29, 0.717) is 0 Å². The Hall–Kier alpha value is -1.02. The molecule has 0 radical (unpaired) electrons. The molecule has 0 unspecified atom stereocenters. The zero-order chi connectivity index (χ0) is 10.1. The van der Waals surface area contributed by atoms with E-state index in [0.717, 1.165) is 10.6 Å². The summed E-state index contributed by atoms with van der Waals surface area (Å²) >= 11 is 1.49. The molecule has 70 valence electrons. The fourth-order valence-electron chi connectivity index (χ4n) is 0.689. The van der Waals surface area contributed by atoms with Crippen LogP contribution in [0.5, 0.6) is 0 Å². The van der Waals surface area contributed by atoms with Crippen molar-refractivity contribution in [1.29, 1.82) is 0 Å². The van der Waals surface area contributed by atoms with E-state index < -0.39 is 0 Å². The molecule has 1 aromatic rings. The minimum atomic E-state index is 0.914. The Bertz CT molecular complexity index is 254. The van der Waals surface area contributed by atoms with Crippen molar-refractivity contribution in [2.45, 2.75) is 13.8 Å². The fourth-order valence-corrected chi connectivity index (χ4v) is 1.13. The highest BCUT2D eigenvalue weighted by Gasteiger charge is 1.95. The molecule has 0 aliphatic carbocycles. The average Bonchev–Trinajstić information content (AvgIpc) is 2.23. The molecule has 0 saturated heterocycles. The SMILES string of the molecule is C=CSC(=C)c1ccccn1.CC. The summed E-state index contributed by atoms with van der Waals surface area (Å²) in [6, 6.07) is 5.76. The van der Waals surface area contributed by atoms with Crippen LogP contribution in [0.1, 0.15) is 19.5 Å². The van der Waals surface area contributed by atoms with E-state index >= 15 is 0 Å². The quantitative estimate of drug-likeness (QED) is 0.720. The van der Waals surface area contributed by atoms with Crippen LogP contribution in [0, 0.1) is 0 Å². The van der Waals surface area contributed by atoms with Gasteiger partial charge in [0, 0.05) is 11.1 Å². The standard InChI is InChI=1S/C9H9NS.C2H6/c1-3-11-8(2)9-6-4-5-7-10-9;1-2/h3-7H,1-2H2;1-2H3. The maximum absolute atomic E-state index is 4.13. The second-order valence-electron chi connectivity index (χ2n) is 1.92. The average molecular weight is 193 g/mol. The highest BCUT2D eigenvalue weighted by Crippen LogP contribution is 2.23. The van der Waals surface area contributed by atoms with Crippen molar-refractivity contribution >= 4 is 16.7 Å². The van der Waals surface area contributed by atoms with Gasteiger partial charge < -0.3 is 0 Å². The lowest BCUT2D eigenvalue weighted by Crippen LogP contribution is -1.80. The highest BCUT2D eigenvalue weighted by molar-refractivity contribution is 8.10. The van der Waals surface area contributed by atoms with Crippen molar-refractivity contribution in [2.75, 3.05) is 0 Å². The Balaban J connectivity index is 0.000000671. The Kier molecular flexibility index (Phi) is 7.02.